The van der Waals surface area contributed by atoms with Crippen molar-refractivity contribution in [3.63, 3.8) is 0 Å². The molecule has 1 aliphatic heterocycles. The molecule has 0 aromatic heterocycles. The van der Waals surface area contributed by atoms with Crippen molar-refractivity contribution in [2.45, 2.75) is 57.9 Å². The van der Waals surface area contributed by atoms with Crippen LogP contribution in [0.2, 0.25) is 0 Å². The third-order valence-electron chi connectivity index (χ3n) is 6.00. The van der Waals surface area contributed by atoms with Gasteiger partial charge in [0, 0.05) is 32.2 Å². The lowest BCUT2D eigenvalue weighted by Gasteiger charge is -2.44. The number of primary amides is 1. The highest BCUT2D eigenvalue weighted by Gasteiger charge is 2.36. The van der Waals surface area contributed by atoms with E-state index in [1.54, 1.807) is 6.07 Å². The number of nitrogens with two attached hydrogens (primary N) is 1. The quantitative estimate of drug-likeness (QED) is 0.388. The number of benzene rings is 1. The summed E-state index contributed by atoms with van der Waals surface area (Å²) in [5.41, 5.74) is 7.46. The van der Waals surface area contributed by atoms with Crippen LogP contribution in [0.5, 0.6) is 0 Å². The SMILES string of the molecule is CN=C(NCc1cccc(C(N)=O)c1)N1CCCC2(CCCCCC2)C1.I. The van der Waals surface area contributed by atoms with Gasteiger partial charge in [0.25, 0.3) is 0 Å². The Kier molecular flexibility index (Phi) is 8.38. The van der Waals surface area contributed by atoms with E-state index in [9.17, 15) is 4.79 Å². The van der Waals surface area contributed by atoms with E-state index in [0.717, 1.165) is 24.6 Å². The summed E-state index contributed by atoms with van der Waals surface area (Å²) in [4.78, 5) is 18.3. The van der Waals surface area contributed by atoms with Crippen molar-refractivity contribution in [3.05, 3.63) is 35.4 Å². The number of carbonyl (C=O) groups excluding carboxylic acids is 1. The van der Waals surface area contributed by atoms with Crippen LogP contribution in [0.15, 0.2) is 29.3 Å². The fourth-order valence-corrected chi connectivity index (χ4v) is 4.62. The molecular formula is C21H33IN4O. The Morgan fingerprint density at radius 1 is 1.19 bits per heavy atom. The number of nitrogens with zero attached hydrogens (tertiary/aromatic N) is 2. The molecule has 1 amide bonds. The molecule has 0 bridgehead atoms. The zero-order valence-electron chi connectivity index (χ0n) is 16.4. The number of guanidine groups is 1. The van der Waals surface area contributed by atoms with E-state index in [4.69, 9.17) is 5.73 Å². The van der Waals surface area contributed by atoms with Crippen molar-refractivity contribution in [3.8, 4) is 0 Å². The van der Waals surface area contributed by atoms with Gasteiger partial charge in [-0.3, -0.25) is 9.79 Å². The molecule has 2 fully saturated rings. The van der Waals surface area contributed by atoms with Crippen LogP contribution in [0.4, 0.5) is 0 Å². The van der Waals surface area contributed by atoms with E-state index in [1.807, 2.05) is 25.2 Å². The van der Waals surface area contributed by atoms with Gasteiger partial charge in [0.05, 0.1) is 0 Å². The van der Waals surface area contributed by atoms with E-state index in [1.165, 1.54) is 51.4 Å². The molecule has 1 spiro atoms. The van der Waals surface area contributed by atoms with Crippen LogP contribution in [0.25, 0.3) is 0 Å². The second-order valence-corrected chi connectivity index (χ2v) is 7.90. The second-order valence-electron chi connectivity index (χ2n) is 7.90. The first-order valence-corrected chi connectivity index (χ1v) is 9.96. The van der Waals surface area contributed by atoms with Crippen molar-refractivity contribution in [2.75, 3.05) is 20.1 Å². The van der Waals surface area contributed by atoms with Crippen molar-refractivity contribution >= 4 is 35.8 Å². The van der Waals surface area contributed by atoms with Gasteiger partial charge in [-0.2, -0.15) is 0 Å². The van der Waals surface area contributed by atoms with Crippen molar-refractivity contribution in [1.29, 1.82) is 0 Å². The Hall–Kier alpha value is -1.31. The number of halogens is 1. The molecule has 1 aromatic carbocycles. The van der Waals surface area contributed by atoms with E-state index >= 15 is 0 Å². The Morgan fingerprint density at radius 2 is 1.89 bits per heavy atom. The number of nitrogens with one attached hydrogen (secondary N) is 1. The topological polar surface area (TPSA) is 70.7 Å². The number of hydrogen-bond acceptors (Lipinski definition) is 2. The zero-order chi connectivity index (χ0) is 18.4. The van der Waals surface area contributed by atoms with E-state index in [-0.39, 0.29) is 29.9 Å². The molecule has 2 aliphatic rings. The monoisotopic (exact) mass is 484 g/mol. The van der Waals surface area contributed by atoms with Crippen LogP contribution in [0, 0.1) is 5.41 Å². The predicted octanol–water partition coefficient (Wildman–Crippen LogP) is 3.92. The van der Waals surface area contributed by atoms with E-state index in [0.29, 0.717) is 17.5 Å². The maximum absolute atomic E-state index is 11.4. The number of aliphatic imine (C=N–C) groups is 1. The summed E-state index contributed by atoms with van der Waals surface area (Å²) in [7, 11) is 1.86. The van der Waals surface area contributed by atoms with Gasteiger partial charge in [0.2, 0.25) is 5.91 Å². The summed E-state index contributed by atoms with van der Waals surface area (Å²) >= 11 is 0. The molecule has 1 aliphatic carbocycles. The molecule has 5 nitrogen and oxygen atoms in total. The summed E-state index contributed by atoms with van der Waals surface area (Å²) in [6.07, 6.45) is 10.9. The third-order valence-corrected chi connectivity index (χ3v) is 6.00. The number of hydrogen-bond donors (Lipinski definition) is 2. The van der Waals surface area contributed by atoms with Gasteiger partial charge >= 0.3 is 0 Å². The summed E-state index contributed by atoms with van der Waals surface area (Å²) in [5.74, 6) is 0.584. The maximum atomic E-state index is 11.4. The minimum absolute atomic E-state index is 0. The molecule has 1 saturated carbocycles. The highest BCUT2D eigenvalue weighted by molar-refractivity contribution is 14.0. The van der Waals surface area contributed by atoms with Crippen LogP contribution in [-0.4, -0.2) is 36.9 Å². The van der Waals surface area contributed by atoms with Gasteiger partial charge in [-0.1, -0.05) is 37.8 Å². The zero-order valence-corrected chi connectivity index (χ0v) is 18.7. The number of piperidine rings is 1. The lowest BCUT2D eigenvalue weighted by atomic mass is 9.74. The first-order valence-electron chi connectivity index (χ1n) is 9.96. The van der Waals surface area contributed by atoms with Crippen LogP contribution >= 0.6 is 24.0 Å². The molecule has 0 unspecified atom stereocenters. The normalized spacial score (nSPS) is 19.9. The first kappa shape index (κ1) is 22.0. The van der Waals surface area contributed by atoms with Gasteiger partial charge < -0.3 is 16.0 Å². The second kappa shape index (κ2) is 10.3. The fourth-order valence-electron chi connectivity index (χ4n) is 4.62. The highest BCUT2D eigenvalue weighted by atomic mass is 127. The summed E-state index contributed by atoms with van der Waals surface area (Å²) in [6.45, 7) is 2.84. The van der Waals surface area contributed by atoms with E-state index < -0.39 is 0 Å². The van der Waals surface area contributed by atoms with Gasteiger partial charge in [0.15, 0.2) is 5.96 Å². The predicted molar refractivity (Wildman–Crippen MR) is 122 cm³/mol. The van der Waals surface area contributed by atoms with Crippen LogP contribution < -0.4 is 11.1 Å². The molecule has 1 saturated heterocycles. The maximum Gasteiger partial charge on any atom is 0.248 e. The lowest BCUT2D eigenvalue weighted by Crippen LogP contribution is -2.50. The van der Waals surface area contributed by atoms with Gasteiger partial charge in [0.1, 0.15) is 0 Å². The minimum atomic E-state index is -0.387. The van der Waals surface area contributed by atoms with E-state index in [2.05, 4.69) is 15.2 Å². The standard InChI is InChI=1S/C21H32N4O.HI/c1-23-20(24-15-17-8-6-9-18(14-17)19(22)26)25-13-7-12-21(16-25)10-4-2-3-5-11-21;/h6,8-9,14H,2-5,7,10-13,15-16H2,1H3,(H2,22,26)(H,23,24);1H. The van der Waals surface area contributed by atoms with Gasteiger partial charge in [-0.25, -0.2) is 0 Å². The number of likely N-dealkylation sites (tertiary alicyclic amines) is 1. The Morgan fingerprint density at radius 3 is 2.56 bits per heavy atom. The molecule has 6 heteroatoms. The smallest absolute Gasteiger partial charge is 0.248 e. The number of rotatable bonds is 3. The Bertz CT molecular complexity index is 653. The third kappa shape index (κ3) is 5.83. The molecule has 150 valence electrons. The highest BCUT2D eigenvalue weighted by Crippen LogP contribution is 2.42. The molecular weight excluding hydrogens is 451 g/mol. The molecule has 0 radical (unpaired) electrons. The Labute approximate surface area is 180 Å². The Balaban J connectivity index is 0.00000261. The number of carbonyl (C=O) groups is 1. The van der Waals surface area contributed by atoms with Crippen molar-refractivity contribution < 1.29 is 4.79 Å². The molecule has 3 N–H and O–H groups in total. The molecule has 3 rings (SSSR count). The average molecular weight is 484 g/mol. The first-order chi connectivity index (χ1) is 12.6. The number of amides is 1. The largest absolute Gasteiger partial charge is 0.366 e. The summed E-state index contributed by atoms with van der Waals surface area (Å²) < 4.78 is 0. The molecule has 0 atom stereocenters. The van der Waals surface area contributed by atoms with Crippen molar-refractivity contribution in [1.82, 2.24) is 10.2 Å². The van der Waals surface area contributed by atoms with Gasteiger partial charge in [-0.15, -0.1) is 24.0 Å². The summed E-state index contributed by atoms with van der Waals surface area (Å²) in [6, 6.07) is 7.49. The molecule has 27 heavy (non-hydrogen) atoms. The van der Waals surface area contributed by atoms with Gasteiger partial charge in [-0.05, 0) is 48.8 Å². The average Bonchev–Trinajstić information content (AvgIpc) is 2.88. The van der Waals surface area contributed by atoms with Crippen LogP contribution in [-0.2, 0) is 6.54 Å². The summed E-state index contributed by atoms with van der Waals surface area (Å²) in [5, 5.41) is 3.48. The molecule has 1 aromatic rings. The van der Waals surface area contributed by atoms with Crippen LogP contribution in [0.3, 0.4) is 0 Å². The minimum Gasteiger partial charge on any atom is -0.366 e. The van der Waals surface area contributed by atoms with Crippen molar-refractivity contribution in [2.24, 2.45) is 16.1 Å². The molecule has 1 heterocycles. The van der Waals surface area contributed by atoms with Crippen LogP contribution in [0.1, 0.15) is 67.3 Å². The fraction of sp³-hybridized carbons (Fsp3) is 0.619. The lowest BCUT2D eigenvalue weighted by molar-refractivity contribution is 0.1000.